The van der Waals surface area contributed by atoms with E-state index in [9.17, 15) is 4.79 Å². The largest absolute Gasteiger partial charge is 0.394 e. The summed E-state index contributed by atoms with van der Waals surface area (Å²) in [5.41, 5.74) is 2.92. The number of aliphatic hydroxyl groups is 1. The van der Waals surface area contributed by atoms with E-state index in [-0.39, 0.29) is 12.5 Å². The number of thioether (sulfide) groups is 1. The molecule has 3 aromatic rings. The van der Waals surface area contributed by atoms with Crippen LogP contribution in [-0.4, -0.2) is 49.7 Å². The van der Waals surface area contributed by atoms with E-state index >= 15 is 0 Å². The van der Waals surface area contributed by atoms with Gasteiger partial charge in [0.05, 0.1) is 30.5 Å². The monoisotopic (exact) mass is 369 g/mol. The third kappa shape index (κ3) is 3.17. The number of aromatic nitrogens is 4. The summed E-state index contributed by atoms with van der Waals surface area (Å²) < 4.78 is 1.64. The molecule has 1 aliphatic heterocycles. The standard InChI is InChI=1S/C18H19N5O2S/c24-9-8-23-17-14(10-21-23)18(20-12-19-17)26-11-16(25)22-7-3-5-13-4-1-2-6-15(13)22/h1-2,4,6,10,12,24H,3,5,7-9,11H2. The lowest BCUT2D eigenvalue weighted by molar-refractivity contribution is -0.116. The highest BCUT2D eigenvalue weighted by molar-refractivity contribution is 8.00. The van der Waals surface area contributed by atoms with Crippen molar-refractivity contribution in [2.24, 2.45) is 0 Å². The molecule has 0 bridgehead atoms. The van der Waals surface area contributed by atoms with Crippen LogP contribution in [0.25, 0.3) is 11.0 Å². The summed E-state index contributed by atoms with van der Waals surface area (Å²) in [4.78, 5) is 23.2. The van der Waals surface area contributed by atoms with Crippen molar-refractivity contribution in [3.05, 3.63) is 42.4 Å². The fourth-order valence-corrected chi connectivity index (χ4v) is 4.08. The Morgan fingerprint density at radius 1 is 1.27 bits per heavy atom. The zero-order valence-electron chi connectivity index (χ0n) is 14.2. The number of hydrogen-bond donors (Lipinski definition) is 1. The molecule has 1 N–H and O–H groups in total. The number of amides is 1. The highest BCUT2D eigenvalue weighted by Gasteiger charge is 2.22. The maximum Gasteiger partial charge on any atom is 0.237 e. The van der Waals surface area contributed by atoms with Crippen molar-refractivity contribution in [3.8, 4) is 0 Å². The molecule has 0 saturated carbocycles. The van der Waals surface area contributed by atoms with Gasteiger partial charge in [0.15, 0.2) is 5.65 Å². The minimum Gasteiger partial charge on any atom is -0.394 e. The van der Waals surface area contributed by atoms with E-state index in [2.05, 4.69) is 21.1 Å². The number of aliphatic hydroxyl groups excluding tert-OH is 1. The van der Waals surface area contributed by atoms with Crippen LogP contribution < -0.4 is 4.90 Å². The van der Waals surface area contributed by atoms with E-state index in [1.165, 1.54) is 23.7 Å². The average molecular weight is 369 g/mol. The molecule has 26 heavy (non-hydrogen) atoms. The number of para-hydroxylation sites is 1. The molecule has 2 aromatic heterocycles. The Morgan fingerprint density at radius 2 is 2.15 bits per heavy atom. The lowest BCUT2D eigenvalue weighted by atomic mass is 10.0. The molecule has 1 amide bonds. The highest BCUT2D eigenvalue weighted by Crippen LogP contribution is 2.29. The van der Waals surface area contributed by atoms with Crippen molar-refractivity contribution in [2.75, 3.05) is 23.8 Å². The number of rotatable bonds is 5. The Bertz CT molecular complexity index is 942. The number of benzene rings is 1. The van der Waals surface area contributed by atoms with Crippen LogP contribution in [-0.2, 0) is 17.8 Å². The predicted octanol–water partition coefficient (Wildman–Crippen LogP) is 1.89. The molecule has 3 heterocycles. The molecule has 1 aliphatic rings. The van der Waals surface area contributed by atoms with Gasteiger partial charge in [-0.1, -0.05) is 30.0 Å². The van der Waals surface area contributed by atoms with Gasteiger partial charge in [0.25, 0.3) is 0 Å². The van der Waals surface area contributed by atoms with Gasteiger partial charge in [0.2, 0.25) is 5.91 Å². The molecule has 0 aliphatic carbocycles. The lowest BCUT2D eigenvalue weighted by Crippen LogP contribution is -2.36. The molecule has 0 atom stereocenters. The number of carbonyl (C=O) groups excluding carboxylic acids is 1. The molecule has 8 heteroatoms. The van der Waals surface area contributed by atoms with Crippen LogP contribution in [0, 0.1) is 0 Å². The van der Waals surface area contributed by atoms with Gasteiger partial charge in [-0.2, -0.15) is 5.10 Å². The van der Waals surface area contributed by atoms with Crippen molar-refractivity contribution in [1.82, 2.24) is 19.7 Å². The summed E-state index contributed by atoms with van der Waals surface area (Å²) in [6.45, 7) is 1.13. The maximum absolute atomic E-state index is 12.8. The van der Waals surface area contributed by atoms with E-state index in [0.29, 0.717) is 17.9 Å². The topological polar surface area (TPSA) is 84.1 Å². The Morgan fingerprint density at radius 3 is 3.04 bits per heavy atom. The van der Waals surface area contributed by atoms with E-state index in [1.807, 2.05) is 23.1 Å². The fraction of sp³-hybridized carbons (Fsp3) is 0.333. The molecule has 4 rings (SSSR count). The van der Waals surface area contributed by atoms with E-state index in [4.69, 9.17) is 5.11 Å². The van der Waals surface area contributed by atoms with Gasteiger partial charge in [-0.3, -0.25) is 4.79 Å². The number of fused-ring (bicyclic) bond motifs is 2. The van der Waals surface area contributed by atoms with Gasteiger partial charge in [-0.15, -0.1) is 0 Å². The SMILES string of the molecule is O=C(CSc1ncnc2c1cnn2CCO)N1CCCc2ccccc21. The first kappa shape index (κ1) is 17.0. The molecule has 7 nitrogen and oxygen atoms in total. The van der Waals surface area contributed by atoms with Crippen LogP contribution in [0.1, 0.15) is 12.0 Å². The summed E-state index contributed by atoms with van der Waals surface area (Å²) >= 11 is 1.40. The van der Waals surface area contributed by atoms with Crippen LogP contribution in [0.2, 0.25) is 0 Å². The summed E-state index contributed by atoms with van der Waals surface area (Å²) in [6.07, 6.45) is 5.16. The van der Waals surface area contributed by atoms with E-state index in [1.54, 1.807) is 10.9 Å². The van der Waals surface area contributed by atoms with Crippen LogP contribution >= 0.6 is 11.8 Å². The molecule has 0 unspecified atom stereocenters. The predicted molar refractivity (Wildman–Crippen MR) is 100 cm³/mol. The van der Waals surface area contributed by atoms with Crippen LogP contribution in [0.4, 0.5) is 5.69 Å². The minimum absolute atomic E-state index is 0.00386. The Kier molecular flexibility index (Phi) is 4.85. The van der Waals surface area contributed by atoms with Crippen LogP contribution in [0.15, 0.2) is 41.8 Å². The zero-order chi connectivity index (χ0) is 17.9. The number of carbonyl (C=O) groups is 1. The second kappa shape index (κ2) is 7.43. The van der Waals surface area contributed by atoms with Crippen LogP contribution in [0.3, 0.4) is 0 Å². The smallest absolute Gasteiger partial charge is 0.237 e. The van der Waals surface area contributed by atoms with Gasteiger partial charge in [0.1, 0.15) is 11.4 Å². The van der Waals surface area contributed by atoms with Crippen molar-refractivity contribution in [2.45, 2.75) is 24.4 Å². The highest BCUT2D eigenvalue weighted by atomic mass is 32.2. The quantitative estimate of drug-likeness (QED) is 0.546. The molecule has 0 fully saturated rings. The molecule has 1 aromatic carbocycles. The number of nitrogens with zero attached hydrogens (tertiary/aromatic N) is 5. The molecule has 0 radical (unpaired) electrons. The van der Waals surface area contributed by atoms with Gasteiger partial charge >= 0.3 is 0 Å². The summed E-state index contributed by atoms with van der Waals surface area (Å²) in [5.74, 6) is 0.391. The van der Waals surface area contributed by atoms with Crippen LogP contribution in [0.5, 0.6) is 0 Å². The maximum atomic E-state index is 12.8. The first-order chi connectivity index (χ1) is 12.8. The number of anilines is 1. The summed E-state index contributed by atoms with van der Waals surface area (Å²) in [7, 11) is 0. The van der Waals surface area contributed by atoms with Gasteiger partial charge in [-0.05, 0) is 24.5 Å². The third-order valence-electron chi connectivity index (χ3n) is 4.45. The molecular weight excluding hydrogens is 350 g/mol. The first-order valence-corrected chi connectivity index (χ1v) is 9.55. The van der Waals surface area contributed by atoms with Crippen molar-refractivity contribution in [1.29, 1.82) is 0 Å². The Labute approximate surface area is 155 Å². The second-order valence-corrected chi connectivity index (χ2v) is 7.04. The fourth-order valence-electron chi connectivity index (χ4n) is 3.25. The Hall–Kier alpha value is -2.45. The molecule has 134 valence electrons. The van der Waals surface area contributed by atoms with Gasteiger partial charge < -0.3 is 10.0 Å². The Balaban J connectivity index is 1.51. The average Bonchev–Trinajstić information content (AvgIpc) is 3.09. The molecule has 0 spiro atoms. The summed E-state index contributed by atoms with van der Waals surface area (Å²) in [6, 6.07) is 8.09. The lowest BCUT2D eigenvalue weighted by Gasteiger charge is -2.29. The van der Waals surface area contributed by atoms with Crippen molar-refractivity contribution in [3.63, 3.8) is 0 Å². The molecule has 0 saturated heterocycles. The first-order valence-electron chi connectivity index (χ1n) is 8.56. The summed E-state index contributed by atoms with van der Waals surface area (Å²) in [5, 5.41) is 14.9. The minimum atomic E-state index is -0.00386. The zero-order valence-corrected chi connectivity index (χ0v) is 15.0. The number of hydrogen-bond acceptors (Lipinski definition) is 6. The van der Waals surface area contributed by atoms with Crippen molar-refractivity contribution >= 4 is 34.4 Å². The second-order valence-electron chi connectivity index (χ2n) is 6.07. The normalized spacial score (nSPS) is 13.8. The number of aryl methyl sites for hydroxylation is 1. The van der Waals surface area contributed by atoms with E-state index in [0.717, 1.165) is 35.5 Å². The van der Waals surface area contributed by atoms with Crippen molar-refractivity contribution < 1.29 is 9.90 Å². The third-order valence-corrected chi connectivity index (χ3v) is 5.44. The van der Waals surface area contributed by atoms with Gasteiger partial charge in [0, 0.05) is 12.2 Å². The van der Waals surface area contributed by atoms with Gasteiger partial charge in [-0.25, -0.2) is 14.6 Å². The molecular formula is C18H19N5O2S. The van der Waals surface area contributed by atoms with E-state index < -0.39 is 0 Å².